The first-order valence-electron chi connectivity index (χ1n) is 6.16. The van der Waals surface area contributed by atoms with Gasteiger partial charge in [-0.25, -0.2) is 0 Å². The largest absolute Gasteiger partial charge is 0.315 e. The van der Waals surface area contributed by atoms with Gasteiger partial charge >= 0.3 is 0 Å². The number of rotatable bonds is 3. The number of thiophene rings is 1. The van der Waals surface area contributed by atoms with Crippen LogP contribution in [0.25, 0.3) is 11.8 Å². The van der Waals surface area contributed by atoms with Crippen molar-refractivity contribution in [3.8, 4) is 0 Å². The fourth-order valence-electron chi connectivity index (χ4n) is 1.82. The van der Waals surface area contributed by atoms with Crippen LogP contribution in [-0.2, 0) is 4.79 Å². The minimum absolute atomic E-state index is 0.0309. The molecule has 0 aliphatic rings. The van der Waals surface area contributed by atoms with Crippen LogP contribution in [0.5, 0.6) is 0 Å². The van der Waals surface area contributed by atoms with Crippen LogP contribution in [0.3, 0.4) is 0 Å². The Bertz CT molecular complexity index is 598. The zero-order valence-corrected chi connectivity index (χ0v) is 12.2. The number of aryl methyl sites for hydroxylation is 1. The summed E-state index contributed by atoms with van der Waals surface area (Å²) in [5, 5.41) is 0. The third-order valence-corrected chi connectivity index (χ3v) is 3.89. The minimum atomic E-state index is 0.0309. The fraction of sp³-hybridized carbons (Fsp3) is 0.188. The number of carbonyl (C=O) groups excluding carboxylic acids is 1. The van der Waals surface area contributed by atoms with Crippen LogP contribution in [0, 0.1) is 6.92 Å². The van der Waals surface area contributed by atoms with Gasteiger partial charge < -0.3 is 4.90 Å². The zero-order chi connectivity index (χ0) is 13.8. The number of hydrogen-bond donors (Lipinski definition) is 0. The lowest BCUT2D eigenvalue weighted by Gasteiger charge is -2.19. The number of carbonyl (C=O) groups is 1. The van der Waals surface area contributed by atoms with E-state index >= 15 is 0 Å². The van der Waals surface area contributed by atoms with Crippen LogP contribution in [0.15, 0.2) is 42.5 Å². The maximum absolute atomic E-state index is 11.6. The molecule has 1 aromatic heterocycles. The lowest BCUT2D eigenvalue weighted by atomic mass is 10.1. The number of nitrogens with zero attached hydrogens (tertiary/aromatic N) is 1. The summed E-state index contributed by atoms with van der Waals surface area (Å²) in [6.45, 7) is 3.66. The third-order valence-electron chi connectivity index (χ3n) is 2.94. The summed E-state index contributed by atoms with van der Waals surface area (Å²) in [6.07, 6.45) is 2.06. The van der Waals surface area contributed by atoms with Gasteiger partial charge in [-0.05, 0) is 30.7 Å². The smallest absolute Gasteiger partial charge is 0.223 e. The lowest BCUT2D eigenvalue weighted by Crippen LogP contribution is -2.22. The standard InChI is InChI=1S/C16H17NOS/c1-12-9-10-15(19-12)11-16(17(3)13(2)18)14-7-5-4-6-8-14/h4-11H,1-3H3/b16-11-. The molecule has 1 heterocycles. The van der Waals surface area contributed by atoms with E-state index < -0.39 is 0 Å². The second-order valence-electron chi connectivity index (χ2n) is 4.42. The Morgan fingerprint density at radius 2 is 1.84 bits per heavy atom. The lowest BCUT2D eigenvalue weighted by molar-refractivity contribution is -0.124. The third kappa shape index (κ3) is 3.32. The molecular weight excluding hydrogens is 254 g/mol. The molecule has 0 spiro atoms. The van der Waals surface area contributed by atoms with Crippen molar-refractivity contribution in [1.29, 1.82) is 0 Å². The molecule has 3 heteroatoms. The molecule has 2 rings (SSSR count). The Labute approximate surface area is 118 Å². The Balaban J connectivity index is 2.46. The van der Waals surface area contributed by atoms with Gasteiger partial charge in [-0.2, -0.15) is 0 Å². The van der Waals surface area contributed by atoms with Crippen molar-refractivity contribution < 1.29 is 4.79 Å². The van der Waals surface area contributed by atoms with Crippen molar-refractivity contribution in [3.05, 3.63) is 57.8 Å². The van der Waals surface area contributed by atoms with Crippen molar-refractivity contribution >= 4 is 29.0 Å². The van der Waals surface area contributed by atoms with Crippen LogP contribution in [-0.4, -0.2) is 17.9 Å². The van der Waals surface area contributed by atoms with E-state index in [-0.39, 0.29) is 5.91 Å². The highest BCUT2D eigenvalue weighted by molar-refractivity contribution is 7.12. The molecule has 0 aliphatic heterocycles. The highest BCUT2D eigenvalue weighted by Gasteiger charge is 2.11. The number of amides is 1. The van der Waals surface area contributed by atoms with Crippen LogP contribution in [0.4, 0.5) is 0 Å². The van der Waals surface area contributed by atoms with E-state index in [0.717, 1.165) is 16.1 Å². The van der Waals surface area contributed by atoms with Gasteiger partial charge in [-0.1, -0.05) is 30.3 Å². The Morgan fingerprint density at radius 3 is 2.37 bits per heavy atom. The van der Waals surface area contributed by atoms with E-state index in [1.165, 1.54) is 4.88 Å². The minimum Gasteiger partial charge on any atom is -0.315 e. The van der Waals surface area contributed by atoms with Gasteiger partial charge in [0.05, 0.1) is 5.70 Å². The quantitative estimate of drug-likeness (QED) is 0.825. The second kappa shape index (κ2) is 5.85. The van der Waals surface area contributed by atoms with Crippen LogP contribution in [0.2, 0.25) is 0 Å². The maximum atomic E-state index is 11.6. The van der Waals surface area contributed by atoms with Crippen molar-refractivity contribution in [2.45, 2.75) is 13.8 Å². The second-order valence-corrected chi connectivity index (χ2v) is 5.74. The molecule has 2 aromatic rings. The zero-order valence-electron chi connectivity index (χ0n) is 11.4. The monoisotopic (exact) mass is 271 g/mol. The molecule has 1 aromatic carbocycles. The van der Waals surface area contributed by atoms with Gasteiger partial charge in [0.2, 0.25) is 5.91 Å². The average Bonchev–Trinajstić information content (AvgIpc) is 2.81. The normalized spacial score (nSPS) is 11.4. The van der Waals surface area contributed by atoms with Crippen molar-refractivity contribution in [2.24, 2.45) is 0 Å². The summed E-state index contributed by atoms with van der Waals surface area (Å²) in [5.74, 6) is 0.0309. The molecule has 0 unspecified atom stereocenters. The predicted molar refractivity (Wildman–Crippen MR) is 81.8 cm³/mol. The molecule has 2 nitrogen and oxygen atoms in total. The molecule has 1 amide bonds. The van der Waals surface area contributed by atoms with Gasteiger partial charge in [0, 0.05) is 23.7 Å². The first kappa shape index (κ1) is 13.6. The molecule has 0 saturated carbocycles. The van der Waals surface area contributed by atoms with E-state index in [1.54, 1.807) is 23.2 Å². The van der Waals surface area contributed by atoms with Crippen LogP contribution in [0.1, 0.15) is 22.2 Å². The highest BCUT2D eigenvalue weighted by Crippen LogP contribution is 2.25. The molecule has 0 aliphatic carbocycles. The summed E-state index contributed by atoms with van der Waals surface area (Å²) in [7, 11) is 1.81. The van der Waals surface area contributed by atoms with E-state index in [0.29, 0.717) is 0 Å². The average molecular weight is 271 g/mol. The first-order valence-corrected chi connectivity index (χ1v) is 6.97. The maximum Gasteiger partial charge on any atom is 0.223 e. The van der Waals surface area contributed by atoms with Gasteiger partial charge in [0.25, 0.3) is 0 Å². The summed E-state index contributed by atoms with van der Waals surface area (Å²) < 4.78 is 0. The predicted octanol–water partition coefficient (Wildman–Crippen LogP) is 4.03. The molecule has 0 bridgehead atoms. The Hall–Kier alpha value is -1.87. The van der Waals surface area contributed by atoms with Crippen molar-refractivity contribution in [2.75, 3.05) is 7.05 Å². The number of hydrogen-bond acceptors (Lipinski definition) is 2. The fourth-order valence-corrected chi connectivity index (χ4v) is 2.63. The van der Waals surface area contributed by atoms with Crippen LogP contribution < -0.4 is 0 Å². The number of benzene rings is 1. The van der Waals surface area contributed by atoms with Gasteiger partial charge in [0.1, 0.15) is 0 Å². The van der Waals surface area contributed by atoms with Crippen molar-refractivity contribution in [3.63, 3.8) is 0 Å². The highest BCUT2D eigenvalue weighted by atomic mass is 32.1. The molecule has 0 saturated heterocycles. The summed E-state index contributed by atoms with van der Waals surface area (Å²) in [4.78, 5) is 15.8. The van der Waals surface area contributed by atoms with E-state index in [1.807, 2.05) is 37.4 Å². The molecule has 0 N–H and O–H groups in total. The Kier molecular flexibility index (Phi) is 4.17. The molecule has 98 valence electrons. The Morgan fingerprint density at radius 1 is 1.16 bits per heavy atom. The summed E-state index contributed by atoms with van der Waals surface area (Å²) >= 11 is 1.73. The summed E-state index contributed by atoms with van der Waals surface area (Å²) in [5.41, 5.74) is 1.97. The van der Waals surface area contributed by atoms with Gasteiger partial charge in [0.15, 0.2) is 0 Å². The van der Waals surface area contributed by atoms with Gasteiger partial charge in [-0.15, -0.1) is 11.3 Å². The molecule has 0 radical (unpaired) electrons. The van der Waals surface area contributed by atoms with Crippen molar-refractivity contribution in [1.82, 2.24) is 4.90 Å². The van der Waals surface area contributed by atoms with Gasteiger partial charge in [-0.3, -0.25) is 4.79 Å². The van der Waals surface area contributed by atoms with E-state index in [2.05, 4.69) is 25.1 Å². The van der Waals surface area contributed by atoms with E-state index in [4.69, 9.17) is 0 Å². The summed E-state index contributed by atoms with van der Waals surface area (Å²) in [6, 6.07) is 14.2. The topological polar surface area (TPSA) is 20.3 Å². The first-order chi connectivity index (χ1) is 9.08. The molecule has 0 atom stereocenters. The molecule has 0 fully saturated rings. The van der Waals surface area contributed by atoms with Crippen LogP contribution >= 0.6 is 11.3 Å². The molecular formula is C16H17NOS. The SMILES string of the molecule is CC(=O)N(C)/C(=C\c1ccc(C)s1)c1ccccc1. The van der Waals surface area contributed by atoms with E-state index in [9.17, 15) is 4.79 Å². The molecule has 19 heavy (non-hydrogen) atoms.